The van der Waals surface area contributed by atoms with E-state index >= 15 is 0 Å². The van der Waals surface area contributed by atoms with Crippen molar-refractivity contribution in [3.63, 3.8) is 0 Å². The molecule has 0 aliphatic heterocycles. The first-order chi connectivity index (χ1) is 11.9. The topological polar surface area (TPSA) is 90.4 Å². The quantitative estimate of drug-likeness (QED) is 0.739. The summed E-state index contributed by atoms with van der Waals surface area (Å²) in [6.45, 7) is 6.88. The van der Waals surface area contributed by atoms with Gasteiger partial charge in [-0.1, -0.05) is 6.58 Å². The summed E-state index contributed by atoms with van der Waals surface area (Å²) < 4.78 is 6.78. The number of methoxy groups -OCH3 is 1. The normalized spacial score (nSPS) is 10.5. The van der Waals surface area contributed by atoms with Crippen LogP contribution in [0.15, 0.2) is 43.2 Å². The van der Waals surface area contributed by atoms with E-state index in [9.17, 15) is 9.59 Å². The maximum atomic E-state index is 12.3. The molecule has 0 saturated heterocycles. The average Bonchev–Trinajstić information content (AvgIpc) is 3.04. The summed E-state index contributed by atoms with van der Waals surface area (Å²) in [6.07, 6.45) is 4.79. The van der Waals surface area contributed by atoms with Gasteiger partial charge in [-0.3, -0.25) is 14.3 Å². The molecule has 0 aliphatic rings. The van der Waals surface area contributed by atoms with Gasteiger partial charge in [-0.25, -0.2) is 0 Å². The number of benzene rings is 1. The third kappa shape index (κ3) is 4.77. The Morgan fingerprint density at radius 3 is 2.80 bits per heavy atom. The summed E-state index contributed by atoms with van der Waals surface area (Å²) in [4.78, 5) is 25.4. The number of ether oxygens (including phenoxy) is 1. The third-order valence-electron chi connectivity index (χ3n) is 3.65. The highest BCUT2D eigenvalue weighted by Crippen LogP contribution is 2.22. The number of rotatable bonds is 8. The van der Waals surface area contributed by atoms with Gasteiger partial charge in [0.15, 0.2) is 0 Å². The largest absolute Gasteiger partial charge is 0.383 e. The van der Waals surface area contributed by atoms with Gasteiger partial charge in [0, 0.05) is 30.1 Å². The first-order valence-electron chi connectivity index (χ1n) is 7.80. The molecule has 2 rings (SSSR count). The molecule has 2 aromatic rings. The van der Waals surface area contributed by atoms with Crippen LogP contribution in [0.4, 0.5) is 5.69 Å². The third-order valence-corrected chi connectivity index (χ3v) is 3.65. The molecule has 0 atom stereocenters. The van der Waals surface area contributed by atoms with Crippen LogP contribution >= 0.6 is 0 Å². The van der Waals surface area contributed by atoms with Crippen LogP contribution < -0.4 is 10.6 Å². The van der Waals surface area contributed by atoms with Crippen molar-refractivity contribution in [1.29, 1.82) is 0 Å². The zero-order valence-corrected chi connectivity index (χ0v) is 14.4. The SMILES string of the molecule is C=CC(=O)N(Cc1cnn(CCOC)c1)c1cc(C)cc(C(N)=O)c1. The number of carbonyl (C=O) groups excluding carboxylic acids is 2. The van der Waals surface area contributed by atoms with E-state index < -0.39 is 5.91 Å². The Labute approximate surface area is 146 Å². The summed E-state index contributed by atoms with van der Waals surface area (Å²) in [5, 5.41) is 4.25. The average molecular weight is 342 g/mol. The van der Waals surface area contributed by atoms with Gasteiger partial charge in [-0.15, -0.1) is 0 Å². The van der Waals surface area contributed by atoms with Crippen molar-refractivity contribution in [2.45, 2.75) is 20.0 Å². The van der Waals surface area contributed by atoms with Gasteiger partial charge in [0.25, 0.3) is 5.91 Å². The summed E-state index contributed by atoms with van der Waals surface area (Å²) in [6, 6.07) is 5.11. The second kappa shape index (κ2) is 8.25. The Morgan fingerprint density at radius 1 is 1.40 bits per heavy atom. The molecule has 7 heteroatoms. The molecule has 0 bridgehead atoms. The zero-order valence-electron chi connectivity index (χ0n) is 14.4. The number of hydrogen-bond acceptors (Lipinski definition) is 4. The van der Waals surface area contributed by atoms with Crippen LogP contribution in [0.2, 0.25) is 0 Å². The minimum Gasteiger partial charge on any atom is -0.383 e. The van der Waals surface area contributed by atoms with Crippen LogP contribution in [0.25, 0.3) is 0 Å². The van der Waals surface area contributed by atoms with Crippen molar-refractivity contribution in [3.05, 3.63) is 59.9 Å². The summed E-state index contributed by atoms with van der Waals surface area (Å²) in [5.41, 5.74) is 8.01. The maximum Gasteiger partial charge on any atom is 0.250 e. The molecule has 1 aromatic heterocycles. The number of nitrogens with zero attached hydrogens (tertiary/aromatic N) is 3. The molecular weight excluding hydrogens is 320 g/mol. The van der Waals surface area contributed by atoms with Gasteiger partial charge in [0.05, 0.1) is 25.9 Å². The van der Waals surface area contributed by atoms with Gasteiger partial charge in [0.1, 0.15) is 0 Å². The highest BCUT2D eigenvalue weighted by molar-refractivity contribution is 6.02. The molecule has 0 unspecified atom stereocenters. The molecule has 1 heterocycles. The molecule has 0 radical (unpaired) electrons. The van der Waals surface area contributed by atoms with Crippen LogP contribution in [0.5, 0.6) is 0 Å². The van der Waals surface area contributed by atoms with Gasteiger partial charge in [-0.05, 0) is 36.8 Å². The Hall–Kier alpha value is -2.93. The van der Waals surface area contributed by atoms with Crippen molar-refractivity contribution >= 4 is 17.5 Å². The number of anilines is 1. The number of hydrogen-bond donors (Lipinski definition) is 1. The van der Waals surface area contributed by atoms with Gasteiger partial charge in [-0.2, -0.15) is 5.10 Å². The van der Waals surface area contributed by atoms with E-state index in [2.05, 4.69) is 11.7 Å². The molecular formula is C18H22N4O3. The molecule has 0 saturated carbocycles. The number of aromatic nitrogens is 2. The van der Waals surface area contributed by atoms with Crippen LogP contribution in [0.3, 0.4) is 0 Å². The fraction of sp³-hybridized carbons (Fsp3) is 0.278. The highest BCUT2D eigenvalue weighted by Gasteiger charge is 2.16. The smallest absolute Gasteiger partial charge is 0.250 e. The fourth-order valence-electron chi connectivity index (χ4n) is 2.45. The van der Waals surface area contributed by atoms with Crippen molar-refractivity contribution in [2.75, 3.05) is 18.6 Å². The lowest BCUT2D eigenvalue weighted by Gasteiger charge is -2.22. The predicted molar refractivity (Wildman–Crippen MR) is 95.2 cm³/mol. The first kappa shape index (κ1) is 18.4. The second-order valence-corrected chi connectivity index (χ2v) is 5.65. The van der Waals surface area contributed by atoms with E-state index in [1.165, 1.54) is 11.0 Å². The van der Waals surface area contributed by atoms with Crippen molar-refractivity contribution < 1.29 is 14.3 Å². The van der Waals surface area contributed by atoms with Crippen LogP contribution in [0, 0.1) is 6.92 Å². The lowest BCUT2D eigenvalue weighted by Crippen LogP contribution is -2.29. The van der Waals surface area contributed by atoms with Crippen LogP contribution in [0.1, 0.15) is 21.5 Å². The molecule has 0 aliphatic carbocycles. The van der Waals surface area contributed by atoms with Crippen LogP contribution in [-0.4, -0.2) is 35.3 Å². The first-order valence-corrected chi connectivity index (χ1v) is 7.80. The number of amides is 2. The van der Waals surface area contributed by atoms with E-state index in [4.69, 9.17) is 10.5 Å². The Bertz CT molecular complexity index is 782. The molecule has 2 N–H and O–H groups in total. The minimum absolute atomic E-state index is 0.273. The Balaban J connectivity index is 2.31. The molecule has 2 amide bonds. The fourth-order valence-corrected chi connectivity index (χ4v) is 2.45. The molecule has 0 fully saturated rings. The van der Waals surface area contributed by atoms with Gasteiger partial charge >= 0.3 is 0 Å². The monoisotopic (exact) mass is 342 g/mol. The summed E-state index contributed by atoms with van der Waals surface area (Å²) in [5.74, 6) is -0.811. The molecule has 7 nitrogen and oxygen atoms in total. The van der Waals surface area contributed by atoms with Crippen molar-refractivity contribution in [3.8, 4) is 0 Å². The highest BCUT2D eigenvalue weighted by atomic mass is 16.5. The number of aryl methyl sites for hydroxylation is 1. The summed E-state index contributed by atoms with van der Waals surface area (Å²) in [7, 11) is 1.63. The van der Waals surface area contributed by atoms with E-state index in [0.29, 0.717) is 30.9 Å². The standard InChI is InChI=1S/C18H22N4O3/c1-4-17(23)22(12-14-10-20-21(11-14)5-6-25-3)16-8-13(2)7-15(9-16)18(19)24/h4,7-11H,1,5-6,12H2,2-3H3,(H2,19,24). The minimum atomic E-state index is -0.539. The Kier molecular flexibility index (Phi) is 6.08. The van der Waals surface area contributed by atoms with Crippen molar-refractivity contribution in [1.82, 2.24) is 9.78 Å². The molecule has 1 aromatic carbocycles. The van der Waals surface area contributed by atoms with E-state index in [1.54, 1.807) is 30.1 Å². The van der Waals surface area contributed by atoms with E-state index in [1.807, 2.05) is 19.2 Å². The van der Waals surface area contributed by atoms with Crippen LogP contribution in [-0.2, 0) is 22.6 Å². The number of nitrogens with two attached hydrogens (primary N) is 1. The van der Waals surface area contributed by atoms with E-state index in [-0.39, 0.29) is 5.91 Å². The zero-order chi connectivity index (χ0) is 18.4. The molecule has 132 valence electrons. The Morgan fingerprint density at radius 2 is 2.16 bits per heavy atom. The number of carbonyl (C=O) groups is 2. The predicted octanol–water partition coefficient (Wildman–Crippen LogP) is 1.66. The maximum absolute atomic E-state index is 12.3. The van der Waals surface area contributed by atoms with Crippen molar-refractivity contribution in [2.24, 2.45) is 5.73 Å². The lowest BCUT2D eigenvalue weighted by atomic mass is 10.1. The molecule has 25 heavy (non-hydrogen) atoms. The second-order valence-electron chi connectivity index (χ2n) is 5.65. The van der Waals surface area contributed by atoms with Gasteiger partial charge in [0.2, 0.25) is 5.91 Å². The summed E-state index contributed by atoms with van der Waals surface area (Å²) >= 11 is 0. The van der Waals surface area contributed by atoms with E-state index in [0.717, 1.165) is 11.1 Å². The lowest BCUT2D eigenvalue weighted by molar-refractivity contribution is -0.114. The van der Waals surface area contributed by atoms with Gasteiger partial charge < -0.3 is 15.4 Å². The number of primary amides is 1. The molecule has 0 spiro atoms.